The number of anilines is 1. The monoisotopic (exact) mass is 257 g/mol. The van der Waals surface area contributed by atoms with Crippen molar-refractivity contribution in [3.8, 4) is 0 Å². The summed E-state index contributed by atoms with van der Waals surface area (Å²) < 4.78 is 39.2. The lowest BCUT2D eigenvalue weighted by Gasteiger charge is -2.16. The van der Waals surface area contributed by atoms with Crippen molar-refractivity contribution in [2.24, 2.45) is 5.92 Å². The van der Waals surface area contributed by atoms with Crippen LogP contribution in [0.5, 0.6) is 0 Å². The first kappa shape index (κ1) is 13.2. The fourth-order valence-corrected chi connectivity index (χ4v) is 2.48. The Hall–Kier alpha value is -1.19. The van der Waals surface area contributed by atoms with Gasteiger partial charge in [0, 0.05) is 6.54 Å². The zero-order valence-electron chi connectivity index (χ0n) is 10.3. The third kappa shape index (κ3) is 3.18. The Morgan fingerprint density at radius 1 is 0.944 bits per heavy atom. The highest BCUT2D eigenvalue weighted by Gasteiger charge is 2.16. The molecule has 1 aromatic rings. The Bertz CT molecular complexity index is 398. The van der Waals surface area contributed by atoms with Gasteiger partial charge in [0.1, 0.15) is 0 Å². The van der Waals surface area contributed by atoms with E-state index in [1.807, 2.05) is 0 Å². The van der Waals surface area contributed by atoms with E-state index in [1.165, 1.54) is 31.7 Å². The predicted octanol–water partition coefficient (Wildman–Crippen LogP) is 4.49. The van der Waals surface area contributed by atoms with Gasteiger partial charge in [-0.1, -0.05) is 25.7 Å². The van der Waals surface area contributed by atoms with Crippen LogP contribution in [0.3, 0.4) is 0 Å². The van der Waals surface area contributed by atoms with Gasteiger partial charge in [0.15, 0.2) is 17.5 Å². The smallest absolute Gasteiger partial charge is 0.196 e. The van der Waals surface area contributed by atoms with Crippen molar-refractivity contribution in [1.82, 2.24) is 0 Å². The molecule has 1 nitrogen and oxygen atoms in total. The van der Waals surface area contributed by atoms with Gasteiger partial charge in [-0.05, 0) is 30.9 Å². The lowest BCUT2D eigenvalue weighted by molar-refractivity contribution is 0.446. The van der Waals surface area contributed by atoms with E-state index >= 15 is 0 Å². The zero-order chi connectivity index (χ0) is 13.0. The van der Waals surface area contributed by atoms with Crippen LogP contribution in [0.25, 0.3) is 0 Å². The van der Waals surface area contributed by atoms with Crippen molar-refractivity contribution >= 4 is 5.69 Å². The third-order valence-electron chi connectivity index (χ3n) is 3.59. The summed E-state index contributed by atoms with van der Waals surface area (Å²) in [7, 11) is 0. The second-order valence-electron chi connectivity index (χ2n) is 4.96. The van der Waals surface area contributed by atoms with Crippen molar-refractivity contribution in [1.29, 1.82) is 0 Å². The maximum Gasteiger partial charge on any atom is 0.196 e. The number of rotatable bonds is 3. The van der Waals surface area contributed by atoms with Gasteiger partial charge in [-0.2, -0.15) is 0 Å². The first-order valence-electron chi connectivity index (χ1n) is 6.56. The Labute approximate surface area is 105 Å². The van der Waals surface area contributed by atoms with Crippen LogP contribution in [0.1, 0.15) is 38.5 Å². The summed E-state index contributed by atoms with van der Waals surface area (Å²) in [5.74, 6) is -3.17. The molecule has 1 aliphatic rings. The average Bonchev–Trinajstić information content (AvgIpc) is 2.64. The quantitative estimate of drug-likeness (QED) is 0.621. The molecule has 0 aromatic heterocycles. The summed E-state index contributed by atoms with van der Waals surface area (Å²) in [6, 6.07) is 2.21. The largest absolute Gasteiger partial charge is 0.382 e. The van der Waals surface area contributed by atoms with Crippen LogP contribution in [0.2, 0.25) is 0 Å². The Morgan fingerprint density at radius 3 is 2.28 bits per heavy atom. The molecule has 18 heavy (non-hydrogen) atoms. The maximum absolute atomic E-state index is 13.4. The van der Waals surface area contributed by atoms with E-state index in [4.69, 9.17) is 0 Å². The number of halogens is 3. The van der Waals surface area contributed by atoms with Gasteiger partial charge in [-0.3, -0.25) is 0 Å². The molecule has 4 heteroatoms. The molecule has 0 atom stereocenters. The maximum atomic E-state index is 13.4. The Balaban J connectivity index is 1.95. The van der Waals surface area contributed by atoms with E-state index in [2.05, 4.69) is 5.32 Å². The Kier molecular flexibility index (Phi) is 4.50. The standard InChI is InChI=1S/C14H18F3N/c15-11-7-8-12(14(17)13(11)16)18-9-10-5-3-1-2-4-6-10/h7-8,10,18H,1-6,9H2. The van der Waals surface area contributed by atoms with E-state index in [1.54, 1.807) is 0 Å². The number of hydrogen-bond acceptors (Lipinski definition) is 1. The van der Waals surface area contributed by atoms with Crippen molar-refractivity contribution in [2.75, 3.05) is 11.9 Å². The van der Waals surface area contributed by atoms with Crippen LogP contribution >= 0.6 is 0 Å². The van der Waals surface area contributed by atoms with Crippen LogP contribution < -0.4 is 5.32 Å². The highest BCUT2D eigenvalue weighted by atomic mass is 19.2. The van der Waals surface area contributed by atoms with Gasteiger partial charge in [0.25, 0.3) is 0 Å². The summed E-state index contributed by atoms with van der Waals surface area (Å²) in [5.41, 5.74) is 0.0538. The van der Waals surface area contributed by atoms with Crippen LogP contribution in [-0.2, 0) is 0 Å². The third-order valence-corrected chi connectivity index (χ3v) is 3.59. The molecule has 1 fully saturated rings. The molecule has 0 bridgehead atoms. The highest BCUT2D eigenvalue weighted by molar-refractivity contribution is 5.45. The van der Waals surface area contributed by atoms with Gasteiger partial charge in [0.2, 0.25) is 0 Å². The zero-order valence-corrected chi connectivity index (χ0v) is 10.3. The molecular weight excluding hydrogens is 239 g/mol. The lowest BCUT2D eigenvalue weighted by Crippen LogP contribution is -2.15. The van der Waals surface area contributed by atoms with E-state index in [0.29, 0.717) is 12.5 Å². The van der Waals surface area contributed by atoms with Gasteiger partial charge >= 0.3 is 0 Å². The summed E-state index contributed by atoms with van der Waals surface area (Å²) in [5, 5.41) is 2.90. The molecular formula is C14H18F3N. The highest BCUT2D eigenvalue weighted by Crippen LogP contribution is 2.25. The van der Waals surface area contributed by atoms with E-state index < -0.39 is 17.5 Å². The molecule has 1 N–H and O–H groups in total. The molecule has 1 saturated carbocycles. The Morgan fingerprint density at radius 2 is 1.61 bits per heavy atom. The number of benzene rings is 1. The predicted molar refractivity (Wildman–Crippen MR) is 66.0 cm³/mol. The first-order chi connectivity index (χ1) is 8.68. The van der Waals surface area contributed by atoms with Crippen LogP contribution in [-0.4, -0.2) is 6.54 Å². The SMILES string of the molecule is Fc1ccc(NCC2CCCCCC2)c(F)c1F. The molecule has 1 aromatic carbocycles. The lowest BCUT2D eigenvalue weighted by atomic mass is 10.0. The number of nitrogens with one attached hydrogen (secondary N) is 1. The molecule has 0 unspecified atom stereocenters. The van der Waals surface area contributed by atoms with Crippen LogP contribution in [0, 0.1) is 23.4 Å². The van der Waals surface area contributed by atoms with E-state index in [-0.39, 0.29) is 5.69 Å². The summed E-state index contributed by atoms with van der Waals surface area (Å²) >= 11 is 0. The molecule has 0 heterocycles. The van der Waals surface area contributed by atoms with E-state index in [9.17, 15) is 13.2 Å². The normalized spacial score (nSPS) is 17.5. The van der Waals surface area contributed by atoms with Gasteiger partial charge in [-0.15, -0.1) is 0 Å². The minimum atomic E-state index is -1.40. The summed E-state index contributed by atoms with van der Waals surface area (Å²) in [6.07, 6.45) is 7.17. The van der Waals surface area contributed by atoms with Gasteiger partial charge in [-0.25, -0.2) is 13.2 Å². The van der Waals surface area contributed by atoms with Crippen molar-refractivity contribution in [2.45, 2.75) is 38.5 Å². The minimum Gasteiger partial charge on any atom is -0.382 e. The van der Waals surface area contributed by atoms with E-state index in [0.717, 1.165) is 18.9 Å². The fraction of sp³-hybridized carbons (Fsp3) is 0.571. The summed E-state index contributed by atoms with van der Waals surface area (Å²) in [4.78, 5) is 0. The molecule has 0 aliphatic heterocycles. The minimum absolute atomic E-state index is 0.0538. The van der Waals surface area contributed by atoms with Gasteiger partial charge < -0.3 is 5.32 Å². The summed E-state index contributed by atoms with van der Waals surface area (Å²) in [6.45, 7) is 0.627. The molecule has 1 aliphatic carbocycles. The molecule has 2 rings (SSSR count). The first-order valence-corrected chi connectivity index (χ1v) is 6.56. The van der Waals surface area contributed by atoms with Crippen molar-refractivity contribution in [3.63, 3.8) is 0 Å². The second-order valence-corrected chi connectivity index (χ2v) is 4.96. The molecule has 0 saturated heterocycles. The fourth-order valence-electron chi connectivity index (χ4n) is 2.48. The van der Waals surface area contributed by atoms with Crippen LogP contribution in [0.4, 0.5) is 18.9 Å². The molecule has 0 radical (unpaired) electrons. The topological polar surface area (TPSA) is 12.0 Å². The average molecular weight is 257 g/mol. The van der Waals surface area contributed by atoms with Crippen LogP contribution in [0.15, 0.2) is 12.1 Å². The van der Waals surface area contributed by atoms with Gasteiger partial charge in [0.05, 0.1) is 5.69 Å². The molecule has 0 spiro atoms. The second kappa shape index (κ2) is 6.12. The van der Waals surface area contributed by atoms with Crippen molar-refractivity contribution in [3.05, 3.63) is 29.6 Å². The molecule has 100 valence electrons. The molecule has 0 amide bonds. The van der Waals surface area contributed by atoms with Crippen molar-refractivity contribution < 1.29 is 13.2 Å². The number of hydrogen-bond donors (Lipinski definition) is 1.